The largest absolute Gasteiger partial charge is 0.480 e. The molecule has 1 aromatic rings. The molecular formula is C12H15F2NO4S. The molecule has 8 heteroatoms. The van der Waals surface area contributed by atoms with Crippen LogP contribution in [0.2, 0.25) is 0 Å². The molecule has 2 N–H and O–H groups in total. The molecule has 20 heavy (non-hydrogen) atoms. The minimum absolute atomic E-state index is 0.422. The van der Waals surface area contributed by atoms with E-state index in [-0.39, 0.29) is 0 Å². The highest BCUT2D eigenvalue weighted by molar-refractivity contribution is 7.89. The number of carboxylic acid groups (broad SMARTS) is 1. The normalized spacial score (nSPS) is 14.8. The number of hydrogen-bond acceptors (Lipinski definition) is 3. The Kier molecular flexibility index (Phi) is 5.18. The van der Waals surface area contributed by atoms with Crippen molar-refractivity contribution in [1.82, 2.24) is 4.72 Å². The Labute approximate surface area is 115 Å². The molecule has 1 aromatic carbocycles. The number of halogens is 2. The molecule has 0 aliphatic heterocycles. The van der Waals surface area contributed by atoms with E-state index in [1.807, 2.05) is 4.72 Å². The quantitative estimate of drug-likeness (QED) is 0.838. The highest BCUT2D eigenvalue weighted by Gasteiger charge is 2.30. The fraction of sp³-hybridized carbons (Fsp3) is 0.417. The van der Waals surface area contributed by atoms with Gasteiger partial charge < -0.3 is 5.11 Å². The second-order valence-electron chi connectivity index (χ2n) is 4.40. The smallest absolute Gasteiger partial charge is 0.322 e. The van der Waals surface area contributed by atoms with Gasteiger partial charge in [0.15, 0.2) is 0 Å². The first-order chi connectivity index (χ1) is 9.19. The highest BCUT2D eigenvalue weighted by Crippen LogP contribution is 2.18. The molecule has 1 rings (SSSR count). The molecule has 2 atom stereocenters. The van der Waals surface area contributed by atoms with Crippen molar-refractivity contribution in [2.24, 2.45) is 5.92 Å². The monoisotopic (exact) mass is 307 g/mol. The van der Waals surface area contributed by atoms with Gasteiger partial charge in [0.2, 0.25) is 10.0 Å². The van der Waals surface area contributed by atoms with Gasteiger partial charge in [-0.15, -0.1) is 0 Å². The molecule has 0 aliphatic rings. The standard InChI is InChI=1S/C12H15F2NO4S/c1-3-7(2)11(12(16)17)15-20(18,19)10-5-4-8(13)6-9(10)14/h4-7,11,15H,3H2,1-2H3,(H,16,17)/t7-,11-/m0/s1. The van der Waals surface area contributed by atoms with Crippen LogP contribution in [0.3, 0.4) is 0 Å². The van der Waals surface area contributed by atoms with E-state index in [9.17, 15) is 22.0 Å². The van der Waals surface area contributed by atoms with E-state index in [1.165, 1.54) is 0 Å². The second-order valence-corrected chi connectivity index (χ2v) is 6.08. The first-order valence-electron chi connectivity index (χ1n) is 5.89. The van der Waals surface area contributed by atoms with Gasteiger partial charge in [-0.05, 0) is 18.1 Å². The lowest BCUT2D eigenvalue weighted by molar-refractivity contribution is -0.140. The van der Waals surface area contributed by atoms with Crippen molar-refractivity contribution in [1.29, 1.82) is 0 Å². The summed E-state index contributed by atoms with van der Waals surface area (Å²) in [5.41, 5.74) is 0. The summed E-state index contributed by atoms with van der Waals surface area (Å²) in [6.07, 6.45) is 0.422. The fourth-order valence-electron chi connectivity index (χ4n) is 1.57. The number of hydrogen-bond donors (Lipinski definition) is 2. The Hall–Kier alpha value is -1.54. The topological polar surface area (TPSA) is 83.5 Å². The van der Waals surface area contributed by atoms with E-state index in [4.69, 9.17) is 5.11 Å². The lowest BCUT2D eigenvalue weighted by Crippen LogP contribution is -2.45. The minimum atomic E-state index is -4.38. The molecule has 0 spiro atoms. The van der Waals surface area contributed by atoms with Crippen LogP contribution < -0.4 is 4.72 Å². The first kappa shape index (κ1) is 16.5. The third kappa shape index (κ3) is 3.73. The number of carbonyl (C=O) groups is 1. The van der Waals surface area contributed by atoms with E-state index >= 15 is 0 Å². The average Bonchev–Trinajstić information content (AvgIpc) is 2.34. The van der Waals surface area contributed by atoms with Gasteiger partial charge in [0, 0.05) is 6.07 Å². The lowest BCUT2D eigenvalue weighted by Gasteiger charge is -2.20. The number of sulfonamides is 1. The molecule has 0 aromatic heterocycles. The summed E-state index contributed by atoms with van der Waals surface area (Å²) < 4.78 is 52.1. The van der Waals surface area contributed by atoms with Crippen molar-refractivity contribution in [3.8, 4) is 0 Å². The summed E-state index contributed by atoms with van der Waals surface area (Å²) in [5, 5.41) is 9.02. The van der Waals surface area contributed by atoms with Crippen LogP contribution in [0.25, 0.3) is 0 Å². The number of aliphatic carboxylic acids is 1. The summed E-state index contributed by atoms with van der Waals surface area (Å²) in [5.74, 6) is -4.03. The van der Waals surface area contributed by atoms with Gasteiger partial charge in [0.05, 0.1) is 0 Å². The van der Waals surface area contributed by atoms with Gasteiger partial charge in [-0.25, -0.2) is 17.2 Å². The van der Waals surface area contributed by atoms with Gasteiger partial charge >= 0.3 is 5.97 Å². The fourth-order valence-corrected chi connectivity index (χ4v) is 2.93. The molecule has 0 fully saturated rings. The third-order valence-electron chi connectivity index (χ3n) is 2.94. The zero-order chi connectivity index (χ0) is 15.5. The van der Waals surface area contributed by atoms with Gasteiger partial charge in [0.25, 0.3) is 0 Å². The number of benzene rings is 1. The maximum Gasteiger partial charge on any atom is 0.322 e. The molecule has 5 nitrogen and oxygen atoms in total. The second kappa shape index (κ2) is 6.27. The van der Waals surface area contributed by atoms with Crippen molar-refractivity contribution in [3.05, 3.63) is 29.8 Å². The SMILES string of the molecule is CC[C@H](C)[C@H](NS(=O)(=O)c1ccc(F)cc1F)C(=O)O. The Balaban J connectivity index is 3.13. The van der Waals surface area contributed by atoms with Crippen LogP contribution in [0.1, 0.15) is 20.3 Å². The van der Waals surface area contributed by atoms with Crippen molar-refractivity contribution < 1.29 is 27.1 Å². The minimum Gasteiger partial charge on any atom is -0.480 e. The molecular weight excluding hydrogens is 292 g/mol. The van der Waals surface area contributed by atoms with E-state index in [1.54, 1.807) is 13.8 Å². The van der Waals surface area contributed by atoms with E-state index in [0.29, 0.717) is 12.5 Å². The Morgan fingerprint density at radius 2 is 2.00 bits per heavy atom. The predicted octanol–water partition coefficient (Wildman–Crippen LogP) is 1.74. The van der Waals surface area contributed by atoms with Crippen LogP contribution in [-0.2, 0) is 14.8 Å². The molecule has 0 bridgehead atoms. The van der Waals surface area contributed by atoms with Crippen LogP contribution in [0, 0.1) is 17.6 Å². The molecule has 112 valence electrons. The van der Waals surface area contributed by atoms with Gasteiger partial charge in [-0.1, -0.05) is 20.3 Å². The Morgan fingerprint density at radius 1 is 1.40 bits per heavy atom. The number of nitrogens with one attached hydrogen (secondary N) is 1. The van der Waals surface area contributed by atoms with Crippen LogP contribution in [0.15, 0.2) is 23.1 Å². The van der Waals surface area contributed by atoms with E-state index in [0.717, 1.165) is 12.1 Å². The van der Waals surface area contributed by atoms with Gasteiger partial charge in [-0.2, -0.15) is 4.72 Å². The molecule has 0 saturated heterocycles. The molecule has 0 heterocycles. The summed E-state index contributed by atoms with van der Waals surface area (Å²) in [6, 6.07) is 0.585. The summed E-state index contributed by atoms with van der Waals surface area (Å²) in [7, 11) is -4.38. The van der Waals surface area contributed by atoms with Crippen molar-refractivity contribution in [3.63, 3.8) is 0 Å². The van der Waals surface area contributed by atoms with Crippen molar-refractivity contribution in [2.75, 3.05) is 0 Å². The molecule has 0 aliphatic carbocycles. The number of carboxylic acids is 1. The molecule has 0 saturated carbocycles. The maximum atomic E-state index is 13.5. The third-order valence-corrected chi connectivity index (χ3v) is 4.42. The lowest BCUT2D eigenvalue weighted by atomic mass is 10.0. The Morgan fingerprint density at radius 3 is 2.45 bits per heavy atom. The molecule has 0 amide bonds. The first-order valence-corrected chi connectivity index (χ1v) is 7.37. The van der Waals surface area contributed by atoms with E-state index < -0.39 is 44.5 Å². The molecule has 0 radical (unpaired) electrons. The van der Waals surface area contributed by atoms with Crippen molar-refractivity contribution >= 4 is 16.0 Å². The average molecular weight is 307 g/mol. The van der Waals surface area contributed by atoms with Crippen LogP contribution in [0.5, 0.6) is 0 Å². The summed E-state index contributed by atoms with van der Waals surface area (Å²) >= 11 is 0. The van der Waals surface area contributed by atoms with Gasteiger partial charge in [0.1, 0.15) is 22.6 Å². The summed E-state index contributed by atoms with van der Waals surface area (Å²) in [4.78, 5) is 10.3. The van der Waals surface area contributed by atoms with Crippen LogP contribution in [-0.4, -0.2) is 25.5 Å². The van der Waals surface area contributed by atoms with Gasteiger partial charge in [-0.3, -0.25) is 4.79 Å². The number of rotatable bonds is 6. The molecule has 0 unspecified atom stereocenters. The zero-order valence-corrected chi connectivity index (χ0v) is 11.7. The maximum absolute atomic E-state index is 13.5. The van der Waals surface area contributed by atoms with Crippen LogP contribution >= 0.6 is 0 Å². The van der Waals surface area contributed by atoms with Crippen LogP contribution in [0.4, 0.5) is 8.78 Å². The predicted molar refractivity (Wildman–Crippen MR) is 67.6 cm³/mol. The Bertz CT molecular complexity index is 603. The zero-order valence-electron chi connectivity index (χ0n) is 10.9. The summed E-state index contributed by atoms with van der Waals surface area (Å²) in [6.45, 7) is 3.26. The van der Waals surface area contributed by atoms with E-state index in [2.05, 4.69) is 0 Å². The van der Waals surface area contributed by atoms with Crippen molar-refractivity contribution in [2.45, 2.75) is 31.2 Å². The highest BCUT2D eigenvalue weighted by atomic mass is 32.2.